The van der Waals surface area contributed by atoms with E-state index in [0.717, 1.165) is 24.1 Å². The molecule has 0 aliphatic carbocycles. The number of amides is 1. The minimum atomic E-state index is -0.380. The number of aromatic nitrogens is 3. The van der Waals surface area contributed by atoms with Gasteiger partial charge in [0, 0.05) is 32.2 Å². The summed E-state index contributed by atoms with van der Waals surface area (Å²) in [6, 6.07) is 5.29. The van der Waals surface area contributed by atoms with E-state index < -0.39 is 0 Å². The van der Waals surface area contributed by atoms with Gasteiger partial charge in [-0.25, -0.2) is 9.97 Å². The Kier molecular flexibility index (Phi) is 6.23. The van der Waals surface area contributed by atoms with Crippen molar-refractivity contribution in [2.45, 2.75) is 31.9 Å². The Bertz CT molecular complexity index is 1300. The van der Waals surface area contributed by atoms with Crippen LogP contribution in [-0.4, -0.2) is 52.9 Å². The highest BCUT2D eigenvalue weighted by Gasteiger charge is 2.32. The number of oxazole rings is 1. The predicted molar refractivity (Wildman–Crippen MR) is 129 cm³/mol. The molecule has 1 saturated heterocycles. The Hall–Kier alpha value is -4.12. The Balaban J connectivity index is 1.52. The normalized spacial score (nSPS) is 19.2. The van der Waals surface area contributed by atoms with E-state index in [4.69, 9.17) is 19.3 Å². The third-order valence-electron chi connectivity index (χ3n) is 5.95. The molecule has 11 heteroatoms. The van der Waals surface area contributed by atoms with Crippen LogP contribution in [0.5, 0.6) is 5.75 Å². The fraction of sp³-hybridized carbons (Fsp3) is 0.333. The minimum Gasteiger partial charge on any atom is -0.490 e. The standard InChI is InChI=1S/C24H27N7O4/c1-13(19-11-34-12-27-19)28-22-20(24(32)31-18(10-26-2)21(22)25)23-29-16-4-3-15(9-17(16)30-23)35-14-5-7-33-8-6-14/h3-4,9-14,25-26,28H,5-8H2,1-2H3,(H,29,30)(H,31,32)/b18-10+,25-21?. The van der Waals surface area contributed by atoms with E-state index in [9.17, 15) is 4.79 Å². The fourth-order valence-electron chi connectivity index (χ4n) is 4.14. The predicted octanol–water partition coefficient (Wildman–Crippen LogP) is 2.38. The maximum absolute atomic E-state index is 13.2. The first kappa shape index (κ1) is 22.7. The molecule has 1 atom stereocenters. The summed E-state index contributed by atoms with van der Waals surface area (Å²) in [5.74, 6) is 0.700. The first-order valence-corrected chi connectivity index (χ1v) is 11.4. The van der Waals surface area contributed by atoms with Crippen LogP contribution in [0.15, 0.2) is 52.9 Å². The average molecular weight is 478 g/mol. The van der Waals surface area contributed by atoms with E-state index in [1.54, 1.807) is 13.2 Å². The van der Waals surface area contributed by atoms with E-state index >= 15 is 0 Å². The molecule has 11 nitrogen and oxygen atoms in total. The number of carbonyl (C=O) groups is 1. The van der Waals surface area contributed by atoms with Gasteiger partial charge in [0.1, 0.15) is 40.9 Å². The molecule has 0 saturated carbocycles. The lowest BCUT2D eigenvalue weighted by molar-refractivity contribution is -0.115. The van der Waals surface area contributed by atoms with Crippen LogP contribution in [0.25, 0.3) is 16.6 Å². The van der Waals surface area contributed by atoms with E-state index in [1.807, 2.05) is 25.1 Å². The zero-order valence-corrected chi connectivity index (χ0v) is 19.5. The second-order valence-corrected chi connectivity index (χ2v) is 8.40. The Morgan fingerprint density at radius 2 is 2.14 bits per heavy atom. The average Bonchev–Trinajstić information content (AvgIpc) is 3.53. The van der Waals surface area contributed by atoms with Crippen molar-refractivity contribution in [2.75, 3.05) is 20.3 Å². The highest BCUT2D eigenvalue weighted by atomic mass is 16.5. The van der Waals surface area contributed by atoms with Gasteiger partial charge in [-0.05, 0) is 19.1 Å². The van der Waals surface area contributed by atoms with Gasteiger partial charge in [-0.1, -0.05) is 0 Å². The highest BCUT2D eigenvalue weighted by molar-refractivity contribution is 6.33. The van der Waals surface area contributed by atoms with E-state index in [-0.39, 0.29) is 29.3 Å². The van der Waals surface area contributed by atoms with Gasteiger partial charge in [-0.3, -0.25) is 10.2 Å². The molecule has 1 unspecified atom stereocenters. The molecule has 2 aliphatic rings. The third kappa shape index (κ3) is 4.62. The van der Waals surface area contributed by atoms with Crippen molar-refractivity contribution < 1.29 is 18.7 Å². The summed E-state index contributed by atoms with van der Waals surface area (Å²) in [7, 11) is 1.70. The van der Waals surface area contributed by atoms with Gasteiger partial charge >= 0.3 is 0 Å². The zero-order chi connectivity index (χ0) is 24.4. The fourth-order valence-corrected chi connectivity index (χ4v) is 4.14. The number of ether oxygens (including phenoxy) is 2. The van der Waals surface area contributed by atoms with Gasteiger partial charge < -0.3 is 34.8 Å². The first-order valence-electron chi connectivity index (χ1n) is 11.4. The smallest absolute Gasteiger partial charge is 0.261 e. The topological polar surface area (TPSA) is 150 Å². The number of nitrogens with zero attached hydrogens (tertiary/aromatic N) is 2. The number of fused-ring (bicyclic) bond motifs is 1. The van der Waals surface area contributed by atoms with Crippen LogP contribution in [0, 0.1) is 5.41 Å². The molecule has 182 valence electrons. The van der Waals surface area contributed by atoms with Gasteiger partial charge in [0.05, 0.1) is 41.7 Å². The summed E-state index contributed by atoms with van der Waals surface area (Å²) >= 11 is 0. The highest BCUT2D eigenvalue weighted by Crippen LogP contribution is 2.28. The van der Waals surface area contributed by atoms with Crippen LogP contribution in [0.1, 0.15) is 37.3 Å². The molecule has 0 radical (unpaired) electrons. The largest absolute Gasteiger partial charge is 0.490 e. The molecule has 4 heterocycles. The first-order chi connectivity index (χ1) is 17.0. The Morgan fingerprint density at radius 3 is 2.89 bits per heavy atom. The van der Waals surface area contributed by atoms with Gasteiger partial charge in [-0.15, -0.1) is 0 Å². The molecular weight excluding hydrogens is 450 g/mol. The monoisotopic (exact) mass is 477 g/mol. The lowest BCUT2D eigenvalue weighted by Gasteiger charge is -2.25. The van der Waals surface area contributed by atoms with Crippen molar-refractivity contribution in [3.05, 3.63) is 60.0 Å². The summed E-state index contributed by atoms with van der Waals surface area (Å²) in [5.41, 5.74) is 3.11. The lowest BCUT2D eigenvalue weighted by atomic mass is 10.0. The summed E-state index contributed by atoms with van der Waals surface area (Å²) < 4.78 is 16.6. The number of aromatic amines is 1. The Morgan fingerprint density at radius 1 is 1.31 bits per heavy atom. The Labute approximate surface area is 201 Å². The second kappa shape index (κ2) is 9.63. The number of benzene rings is 1. The molecule has 2 aromatic heterocycles. The number of hydrogen-bond donors (Lipinski definition) is 5. The van der Waals surface area contributed by atoms with E-state index in [0.29, 0.717) is 41.6 Å². The molecule has 0 bridgehead atoms. The molecule has 3 aromatic rings. The SMILES string of the molecule is CN/C=C1/NC(=O)C(c2nc3ccc(OC4CCOCC4)cc3[nH]2)=C(NC(C)c2cocn2)C1=N. The number of carbonyl (C=O) groups excluding carboxylic acids is 1. The maximum Gasteiger partial charge on any atom is 0.261 e. The lowest BCUT2D eigenvalue weighted by Crippen LogP contribution is -2.40. The van der Waals surface area contributed by atoms with Crippen LogP contribution in [0.3, 0.4) is 0 Å². The molecule has 2 aliphatic heterocycles. The van der Waals surface area contributed by atoms with Gasteiger partial charge in [-0.2, -0.15) is 0 Å². The summed E-state index contributed by atoms with van der Waals surface area (Å²) in [6.07, 6.45) is 6.24. The number of H-pyrrole nitrogens is 1. The van der Waals surface area contributed by atoms with Crippen molar-refractivity contribution in [1.82, 2.24) is 30.9 Å². The third-order valence-corrected chi connectivity index (χ3v) is 5.95. The minimum absolute atomic E-state index is 0.113. The summed E-state index contributed by atoms with van der Waals surface area (Å²) in [4.78, 5) is 25.3. The van der Waals surface area contributed by atoms with Gasteiger partial charge in [0.2, 0.25) is 0 Å². The molecular formula is C24H27N7O4. The van der Waals surface area contributed by atoms with Gasteiger partial charge in [0.25, 0.3) is 5.91 Å². The molecule has 5 rings (SSSR count). The maximum atomic E-state index is 13.2. The van der Waals surface area contributed by atoms with Crippen molar-refractivity contribution >= 4 is 28.2 Å². The number of hydrogen-bond acceptors (Lipinski definition) is 9. The molecule has 1 fully saturated rings. The van der Waals surface area contributed by atoms with Crippen LogP contribution in [0.2, 0.25) is 0 Å². The molecule has 5 N–H and O–H groups in total. The van der Waals surface area contributed by atoms with Gasteiger partial charge in [0.15, 0.2) is 6.39 Å². The zero-order valence-electron chi connectivity index (χ0n) is 19.5. The van der Waals surface area contributed by atoms with Crippen molar-refractivity contribution in [2.24, 2.45) is 0 Å². The van der Waals surface area contributed by atoms with Crippen LogP contribution in [-0.2, 0) is 9.53 Å². The number of imidazole rings is 1. The van der Waals surface area contributed by atoms with Crippen molar-refractivity contribution in [1.29, 1.82) is 5.41 Å². The molecule has 1 aromatic carbocycles. The molecule has 0 spiro atoms. The summed E-state index contributed by atoms with van der Waals surface area (Å²) in [6.45, 7) is 3.27. The molecule has 1 amide bonds. The second-order valence-electron chi connectivity index (χ2n) is 8.40. The van der Waals surface area contributed by atoms with Crippen LogP contribution in [0.4, 0.5) is 0 Å². The quantitative estimate of drug-likeness (QED) is 0.348. The van der Waals surface area contributed by atoms with Crippen molar-refractivity contribution in [3.8, 4) is 5.75 Å². The van der Waals surface area contributed by atoms with Crippen molar-refractivity contribution in [3.63, 3.8) is 0 Å². The van der Waals surface area contributed by atoms with E-state index in [1.165, 1.54) is 12.7 Å². The summed E-state index contributed by atoms with van der Waals surface area (Å²) in [5, 5.41) is 17.6. The van der Waals surface area contributed by atoms with Crippen LogP contribution >= 0.6 is 0 Å². The number of rotatable bonds is 7. The number of nitrogens with one attached hydrogen (secondary N) is 5. The molecule has 35 heavy (non-hydrogen) atoms. The van der Waals surface area contributed by atoms with E-state index in [2.05, 4.69) is 30.9 Å². The van der Waals surface area contributed by atoms with Crippen LogP contribution < -0.4 is 20.7 Å².